The van der Waals surface area contributed by atoms with E-state index in [4.69, 9.17) is 20.2 Å². The lowest BCUT2D eigenvalue weighted by molar-refractivity contribution is 0.118. The molecule has 2 fully saturated rings. The Balaban J connectivity index is 1.77. The predicted octanol–water partition coefficient (Wildman–Crippen LogP) is 3.79. The molecule has 1 aromatic carbocycles. The first-order chi connectivity index (χ1) is 15.5. The standard InChI is InChI=1S/C24H33FN4O3/c1-15-6-7-19-22(29(15)24(30)31-2)21(25)12-20(23(19)32-18-4-3-5-18)16(13-26)14-28-17-8-10-27-11-9-17/h12-15,17-18,27H,3-11,26H2,1-2H3. The van der Waals surface area contributed by atoms with Gasteiger partial charge in [-0.05, 0) is 71.0 Å². The van der Waals surface area contributed by atoms with E-state index in [2.05, 4.69) is 5.32 Å². The smallest absolute Gasteiger partial charge is 0.414 e. The summed E-state index contributed by atoms with van der Waals surface area (Å²) in [5.41, 5.74) is 8.15. The first-order valence-corrected chi connectivity index (χ1v) is 11.6. The van der Waals surface area contributed by atoms with Crippen molar-refractivity contribution < 1.29 is 18.7 Å². The summed E-state index contributed by atoms with van der Waals surface area (Å²) in [7, 11) is 1.31. The molecule has 1 saturated carbocycles. The highest BCUT2D eigenvalue weighted by Gasteiger charge is 2.36. The van der Waals surface area contributed by atoms with Crippen LogP contribution in [0.25, 0.3) is 5.57 Å². The van der Waals surface area contributed by atoms with Gasteiger partial charge in [-0.3, -0.25) is 9.89 Å². The molecule has 2 heterocycles. The first-order valence-electron chi connectivity index (χ1n) is 11.6. The Morgan fingerprint density at radius 2 is 2.03 bits per heavy atom. The number of nitrogens with two attached hydrogens (primary N) is 1. The number of aliphatic imine (C=N–C) groups is 1. The van der Waals surface area contributed by atoms with Gasteiger partial charge in [0.15, 0.2) is 0 Å². The molecule has 0 bridgehead atoms. The Bertz CT molecular complexity index is 907. The van der Waals surface area contributed by atoms with Crippen molar-refractivity contribution in [3.05, 3.63) is 29.2 Å². The van der Waals surface area contributed by atoms with E-state index in [9.17, 15) is 4.79 Å². The van der Waals surface area contributed by atoms with E-state index in [1.54, 1.807) is 6.21 Å². The minimum Gasteiger partial charge on any atom is -0.489 e. The van der Waals surface area contributed by atoms with Crippen LogP contribution in [0.1, 0.15) is 56.6 Å². The molecule has 0 radical (unpaired) electrons. The van der Waals surface area contributed by atoms with Crippen LogP contribution < -0.4 is 20.7 Å². The van der Waals surface area contributed by atoms with E-state index in [-0.39, 0.29) is 23.9 Å². The molecule has 1 saturated heterocycles. The van der Waals surface area contributed by atoms with Crippen molar-refractivity contribution in [2.75, 3.05) is 25.1 Å². The minimum atomic E-state index is -0.568. The van der Waals surface area contributed by atoms with Gasteiger partial charge < -0.3 is 20.5 Å². The SMILES string of the molecule is COC(=O)N1c2c(F)cc(C(C=NC3CCNCC3)=CN)c(OC3CCC3)c2CCC1C. The zero-order valence-electron chi connectivity index (χ0n) is 18.9. The molecule has 0 aromatic heterocycles. The number of rotatable bonds is 5. The summed E-state index contributed by atoms with van der Waals surface area (Å²) in [5.74, 6) is 0.128. The number of allylic oxidation sites excluding steroid dienone is 1. The number of piperidine rings is 1. The molecule has 7 nitrogen and oxygen atoms in total. The van der Waals surface area contributed by atoms with Crippen LogP contribution in [0.3, 0.4) is 0 Å². The Morgan fingerprint density at radius 1 is 1.28 bits per heavy atom. The third-order valence-corrected chi connectivity index (χ3v) is 6.73. The van der Waals surface area contributed by atoms with Crippen LogP contribution in [0.2, 0.25) is 0 Å². The third kappa shape index (κ3) is 4.46. The van der Waals surface area contributed by atoms with Gasteiger partial charge in [0.1, 0.15) is 11.6 Å². The normalized spacial score (nSPS) is 22.5. The van der Waals surface area contributed by atoms with Gasteiger partial charge in [-0.25, -0.2) is 9.18 Å². The van der Waals surface area contributed by atoms with Crippen molar-refractivity contribution in [1.82, 2.24) is 5.32 Å². The number of fused-ring (bicyclic) bond motifs is 1. The van der Waals surface area contributed by atoms with Crippen molar-refractivity contribution in [3.8, 4) is 5.75 Å². The number of ether oxygens (including phenoxy) is 2. The average Bonchev–Trinajstić information content (AvgIpc) is 2.78. The molecule has 1 amide bonds. The quantitative estimate of drug-likeness (QED) is 0.675. The van der Waals surface area contributed by atoms with Crippen LogP contribution in [-0.4, -0.2) is 50.7 Å². The molecule has 1 aromatic rings. The zero-order chi connectivity index (χ0) is 22.7. The van der Waals surface area contributed by atoms with Crippen molar-refractivity contribution in [2.45, 2.75) is 70.1 Å². The Morgan fingerprint density at radius 3 is 2.66 bits per heavy atom. The number of hydrogen-bond donors (Lipinski definition) is 2. The maximum Gasteiger partial charge on any atom is 0.414 e. The number of nitrogens with zero attached hydrogens (tertiary/aromatic N) is 2. The number of hydrogen-bond acceptors (Lipinski definition) is 6. The van der Waals surface area contributed by atoms with E-state index in [0.717, 1.165) is 45.2 Å². The fourth-order valence-corrected chi connectivity index (χ4v) is 4.59. The molecule has 32 heavy (non-hydrogen) atoms. The molecule has 1 aliphatic carbocycles. The molecule has 174 valence electrons. The van der Waals surface area contributed by atoms with Gasteiger partial charge in [0, 0.05) is 35.2 Å². The fraction of sp³-hybridized carbons (Fsp3) is 0.583. The molecule has 3 aliphatic rings. The molecule has 8 heteroatoms. The molecule has 0 spiro atoms. The van der Waals surface area contributed by atoms with Gasteiger partial charge >= 0.3 is 6.09 Å². The molecule has 1 unspecified atom stereocenters. The molecular formula is C24H33FN4O3. The number of carbonyl (C=O) groups excluding carboxylic acids is 1. The highest BCUT2D eigenvalue weighted by Crippen LogP contribution is 2.44. The highest BCUT2D eigenvalue weighted by atomic mass is 19.1. The van der Waals surface area contributed by atoms with E-state index in [1.165, 1.54) is 24.3 Å². The minimum absolute atomic E-state index is 0.0922. The van der Waals surface area contributed by atoms with E-state index < -0.39 is 11.9 Å². The molecule has 4 rings (SSSR count). The third-order valence-electron chi connectivity index (χ3n) is 6.73. The Labute approximate surface area is 188 Å². The fourth-order valence-electron chi connectivity index (χ4n) is 4.59. The lowest BCUT2D eigenvalue weighted by Gasteiger charge is -2.37. The van der Waals surface area contributed by atoms with Crippen molar-refractivity contribution in [1.29, 1.82) is 0 Å². The predicted molar refractivity (Wildman–Crippen MR) is 124 cm³/mol. The topological polar surface area (TPSA) is 89.2 Å². The highest BCUT2D eigenvalue weighted by molar-refractivity contribution is 6.11. The number of methoxy groups -OCH3 is 1. The summed E-state index contributed by atoms with van der Waals surface area (Å²) in [6.45, 7) is 3.78. The maximum absolute atomic E-state index is 15.5. The lowest BCUT2D eigenvalue weighted by atomic mass is 9.90. The Hall–Kier alpha value is -2.61. The van der Waals surface area contributed by atoms with Gasteiger partial charge in [0.25, 0.3) is 0 Å². The number of anilines is 1. The van der Waals surface area contributed by atoms with Crippen LogP contribution in [0.4, 0.5) is 14.9 Å². The first kappa shape index (κ1) is 22.6. The van der Waals surface area contributed by atoms with Gasteiger partial charge in [-0.2, -0.15) is 0 Å². The zero-order valence-corrected chi connectivity index (χ0v) is 18.9. The van der Waals surface area contributed by atoms with Crippen LogP contribution in [0.5, 0.6) is 5.75 Å². The van der Waals surface area contributed by atoms with Crippen LogP contribution in [-0.2, 0) is 11.2 Å². The summed E-state index contributed by atoms with van der Waals surface area (Å²) in [4.78, 5) is 18.6. The van der Waals surface area contributed by atoms with Crippen molar-refractivity contribution in [3.63, 3.8) is 0 Å². The number of halogens is 1. The molecular weight excluding hydrogens is 411 g/mol. The number of nitrogens with one attached hydrogen (secondary N) is 1. The summed E-state index contributed by atoms with van der Waals surface area (Å²) in [6.07, 6.45) is 9.01. The second-order valence-corrected chi connectivity index (χ2v) is 8.84. The number of amides is 1. The summed E-state index contributed by atoms with van der Waals surface area (Å²) in [5, 5.41) is 3.33. The maximum atomic E-state index is 15.5. The van der Waals surface area contributed by atoms with Crippen LogP contribution in [0, 0.1) is 5.82 Å². The van der Waals surface area contributed by atoms with E-state index >= 15 is 4.39 Å². The molecule has 2 aliphatic heterocycles. The van der Waals surface area contributed by atoms with Gasteiger partial charge in [-0.15, -0.1) is 0 Å². The number of carbonyl (C=O) groups is 1. The van der Waals surface area contributed by atoms with Crippen LogP contribution in [0.15, 0.2) is 17.3 Å². The van der Waals surface area contributed by atoms with Gasteiger partial charge in [-0.1, -0.05) is 0 Å². The Kier molecular flexibility index (Phi) is 6.98. The van der Waals surface area contributed by atoms with Crippen LogP contribution >= 0.6 is 0 Å². The summed E-state index contributed by atoms with van der Waals surface area (Å²) in [6, 6.07) is 1.48. The number of benzene rings is 1. The van der Waals surface area contributed by atoms with E-state index in [0.29, 0.717) is 35.3 Å². The lowest BCUT2D eigenvalue weighted by Crippen LogP contribution is -2.43. The summed E-state index contributed by atoms with van der Waals surface area (Å²) < 4.78 is 26.9. The second kappa shape index (κ2) is 9.90. The van der Waals surface area contributed by atoms with Gasteiger partial charge in [0.05, 0.1) is 24.9 Å². The average molecular weight is 445 g/mol. The van der Waals surface area contributed by atoms with Crippen molar-refractivity contribution >= 4 is 23.6 Å². The van der Waals surface area contributed by atoms with Gasteiger partial charge in [0.2, 0.25) is 0 Å². The largest absolute Gasteiger partial charge is 0.489 e. The summed E-state index contributed by atoms with van der Waals surface area (Å²) >= 11 is 0. The van der Waals surface area contributed by atoms with E-state index in [1.807, 2.05) is 6.92 Å². The monoisotopic (exact) mass is 444 g/mol. The van der Waals surface area contributed by atoms with Crippen molar-refractivity contribution in [2.24, 2.45) is 10.7 Å². The second-order valence-electron chi connectivity index (χ2n) is 8.84. The molecule has 3 N–H and O–H groups in total. The molecule has 1 atom stereocenters.